The molecule has 2 heterocycles. The number of nitrogens with zero attached hydrogens (tertiary/aromatic N) is 3. The molecule has 0 spiro atoms. The quantitative estimate of drug-likeness (QED) is 0.877. The van der Waals surface area contributed by atoms with E-state index in [1.54, 1.807) is 4.90 Å². The number of carbonyl (C=O) groups is 2. The van der Waals surface area contributed by atoms with Crippen LogP contribution in [0.4, 0.5) is 5.69 Å². The van der Waals surface area contributed by atoms with Crippen molar-refractivity contribution in [2.24, 2.45) is 0 Å². The van der Waals surface area contributed by atoms with Crippen LogP contribution in [-0.4, -0.2) is 39.4 Å². The third-order valence-corrected chi connectivity index (χ3v) is 5.43. The molecule has 27 heavy (non-hydrogen) atoms. The molecule has 1 aliphatic heterocycles. The molecule has 2 amide bonds. The Morgan fingerprint density at radius 1 is 1.19 bits per heavy atom. The third-order valence-electron chi connectivity index (χ3n) is 5.43. The van der Waals surface area contributed by atoms with Gasteiger partial charge in [0, 0.05) is 25.3 Å². The standard InChI is InChI=1S/C21H28N4O2/c1-5-24(6-2)21(27)18-17-12-7-8-13-25(17)19(23-18)20(26)22-16-11-9-10-14(3)15(16)4/h9-11H,5-8,12-13H2,1-4H3,(H,22,26). The summed E-state index contributed by atoms with van der Waals surface area (Å²) in [6, 6.07) is 5.83. The van der Waals surface area contributed by atoms with Crippen molar-refractivity contribution in [1.82, 2.24) is 14.5 Å². The molecular weight excluding hydrogens is 340 g/mol. The van der Waals surface area contributed by atoms with E-state index < -0.39 is 0 Å². The molecule has 6 nitrogen and oxygen atoms in total. The molecule has 3 rings (SSSR count). The van der Waals surface area contributed by atoms with E-state index in [0.717, 1.165) is 48.3 Å². The van der Waals surface area contributed by atoms with Crippen LogP contribution in [0.5, 0.6) is 0 Å². The van der Waals surface area contributed by atoms with Gasteiger partial charge in [-0.05, 0) is 64.2 Å². The minimum atomic E-state index is -0.259. The van der Waals surface area contributed by atoms with Gasteiger partial charge in [-0.1, -0.05) is 12.1 Å². The first-order chi connectivity index (χ1) is 13.0. The molecule has 0 bridgehead atoms. The van der Waals surface area contributed by atoms with Crippen molar-refractivity contribution >= 4 is 17.5 Å². The minimum Gasteiger partial charge on any atom is -0.338 e. The van der Waals surface area contributed by atoms with Gasteiger partial charge in [-0.25, -0.2) is 4.98 Å². The van der Waals surface area contributed by atoms with E-state index >= 15 is 0 Å². The fraction of sp³-hybridized carbons (Fsp3) is 0.476. The number of hydrogen-bond donors (Lipinski definition) is 1. The van der Waals surface area contributed by atoms with Crippen LogP contribution in [0.2, 0.25) is 0 Å². The summed E-state index contributed by atoms with van der Waals surface area (Å²) >= 11 is 0. The zero-order valence-corrected chi connectivity index (χ0v) is 16.6. The first-order valence-corrected chi connectivity index (χ1v) is 9.74. The van der Waals surface area contributed by atoms with E-state index in [1.807, 2.05) is 50.5 Å². The summed E-state index contributed by atoms with van der Waals surface area (Å²) in [6.07, 6.45) is 2.79. The molecule has 6 heteroatoms. The molecule has 0 aliphatic carbocycles. The largest absolute Gasteiger partial charge is 0.338 e. The number of carbonyl (C=O) groups excluding carboxylic acids is 2. The van der Waals surface area contributed by atoms with E-state index in [2.05, 4.69) is 10.3 Å². The predicted molar refractivity (Wildman–Crippen MR) is 106 cm³/mol. The number of fused-ring (bicyclic) bond motifs is 1. The number of rotatable bonds is 5. The molecule has 1 aromatic carbocycles. The molecule has 0 fully saturated rings. The summed E-state index contributed by atoms with van der Waals surface area (Å²) < 4.78 is 1.93. The molecule has 0 saturated heterocycles. The summed E-state index contributed by atoms with van der Waals surface area (Å²) in [5, 5.41) is 2.98. The third kappa shape index (κ3) is 3.61. The van der Waals surface area contributed by atoms with E-state index in [-0.39, 0.29) is 11.8 Å². The summed E-state index contributed by atoms with van der Waals surface area (Å²) in [7, 11) is 0. The number of amides is 2. The predicted octanol–water partition coefficient (Wildman–Crippen LogP) is 3.57. The van der Waals surface area contributed by atoms with Gasteiger partial charge in [0.25, 0.3) is 11.8 Å². The maximum atomic E-state index is 13.0. The van der Waals surface area contributed by atoms with Gasteiger partial charge < -0.3 is 14.8 Å². The minimum absolute atomic E-state index is 0.0866. The fourth-order valence-electron chi connectivity index (χ4n) is 3.61. The number of anilines is 1. The first kappa shape index (κ1) is 19.1. The number of benzene rings is 1. The van der Waals surface area contributed by atoms with Crippen LogP contribution in [0.1, 0.15) is 64.6 Å². The summed E-state index contributed by atoms with van der Waals surface area (Å²) in [5.74, 6) is -0.0111. The van der Waals surface area contributed by atoms with Crippen LogP contribution in [0, 0.1) is 13.8 Å². The Balaban J connectivity index is 1.97. The molecule has 2 aromatic rings. The molecule has 1 N–H and O–H groups in total. The van der Waals surface area contributed by atoms with Crippen LogP contribution in [0.3, 0.4) is 0 Å². The smallest absolute Gasteiger partial charge is 0.291 e. The first-order valence-electron chi connectivity index (χ1n) is 9.74. The van der Waals surface area contributed by atoms with Crippen LogP contribution < -0.4 is 5.32 Å². The highest BCUT2D eigenvalue weighted by molar-refractivity contribution is 6.04. The van der Waals surface area contributed by atoms with Crippen molar-refractivity contribution in [1.29, 1.82) is 0 Å². The van der Waals surface area contributed by atoms with E-state index in [4.69, 9.17) is 0 Å². The molecule has 144 valence electrons. The lowest BCUT2D eigenvalue weighted by Gasteiger charge is -2.20. The van der Waals surface area contributed by atoms with Gasteiger partial charge in [0.2, 0.25) is 0 Å². The molecule has 0 saturated carbocycles. The van der Waals surface area contributed by atoms with Gasteiger partial charge in [0.1, 0.15) is 5.69 Å². The Bertz CT molecular complexity index is 865. The van der Waals surface area contributed by atoms with Crippen LogP contribution in [0.15, 0.2) is 18.2 Å². The van der Waals surface area contributed by atoms with Crippen molar-refractivity contribution in [2.45, 2.75) is 53.5 Å². The summed E-state index contributed by atoms with van der Waals surface area (Å²) in [4.78, 5) is 32.1. The van der Waals surface area contributed by atoms with E-state index in [0.29, 0.717) is 24.6 Å². The van der Waals surface area contributed by atoms with Crippen LogP contribution in [0.25, 0.3) is 0 Å². The van der Waals surface area contributed by atoms with E-state index in [1.165, 1.54) is 0 Å². The Labute approximate surface area is 160 Å². The highest BCUT2D eigenvalue weighted by atomic mass is 16.2. The van der Waals surface area contributed by atoms with E-state index in [9.17, 15) is 9.59 Å². The molecule has 0 atom stereocenters. The average molecular weight is 368 g/mol. The summed E-state index contributed by atoms with van der Waals surface area (Å²) in [5.41, 5.74) is 4.27. The normalized spacial score (nSPS) is 13.2. The lowest BCUT2D eigenvalue weighted by atomic mass is 10.1. The maximum Gasteiger partial charge on any atom is 0.291 e. The van der Waals surface area contributed by atoms with Crippen molar-refractivity contribution in [3.05, 3.63) is 46.5 Å². The number of nitrogens with one attached hydrogen (secondary N) is 1. The van der Waals surface area contributed by atoms with Crippen molar-refractivity contribution in [3.63, 3.8) is 0 Å². The second-order valence-corrected chi connectivity index (χ2v) is 7.02. The number of aryl methyl sites for hydroxylation is 1. The highest BCUT2D eigenvalue weighted by Crippen LogP contribution is 2.24. The molecular formula is C21H28N4O2. The zero-order chi connectivity index (χ0) is 19.6. The maximum absolute atomic E-state index is 13.0. The SMILES string of the molecule is CCN(CC)C(=O)c1nc(C(=O)Nc2cccc(C)c2C)n2c1CCCC2. The highest BCUT2D eigenvalue weighted by Gasteiger charge is 2.29. The fourth-order valence-corrected chi connectivity index (χ4v) is 3.61. The van der Waals surface area contributed by atoms with Gasteiger partial charge in [0.05, 0.1) is 5.69 Å². The van der Waals surface area contributed by atoms with Gasteiger partial charge in [-0.2, -0.15) is 0 Å². The Morgan fingerprint density at radius 2 is 1.93 bits per heavy atom. The number of aromatic nitrogens is 2. The van der Waals surface area contributed by atoms with Gasteiger partial charge in [-0.3, -0.25) is 9.59 Å². The molecule has 0 radical (unpaired) electrons. The Hall–Kier alpha value is -2.63. The van der Waals surface area contributed by atoms with Crippen molar-refractivity contribution < 1.29 is 9.59 Å². The lowest BCUT2D eigenvalue weighted by molar-refractivity contribution is 0.0766. The summed E-state index contributed by atoms with van der Waals surface area (Å²) in [6.45, 7) is 9.90. The van der Waals surface area contributed by atoms with Gasteiger partial charge >= 0.3 is 0 Å². The monoisotopic (exact) mass is 368 g/mol. The second-order valence-electron chi connectivity index (χ2n) is 7.02. The molecule has 1 aliphatic rings. The molecule has 0 unspecified atom stereocenters. The van der Waals surface area contributed by atoms with Crippen LogP contribution in [-0.2, 0) is 13.0 Å². The number of hydrogen-bond acceptors (Lipinski definition) is 3. The average Bonchev–Trinajstić information content (AvgIpc) is 3.06. The van der Waals surface area contributed by atoms with Crippen LogP contribution >= 0.6 is 0 Å². The zero-order valence-electron chi connectivity index (χ0n) is 16.6. The topological polar surface area (TPSA) is 67.2 Å². The number of imidazole rings is 1. The van der Waals surface area contributed by atoms with Gasteiger partial charge in [0.15, 0.2) is 5.82 Å². The Morgan fingerprint density at radius 3 is 2.63 bits per heavy atom. The van der Waals surface area contributed by atoms with Crippen molar-refractivity contribution in [3.8, 4) is 0 Å². The van der Waals surface area contributed by atoms with Gasteiger partial charge in [-0.15, -0.1) is 0 Å². The molecule has 1 aromatic heterocycles. The second kappa shape index (κ2) is 7.94. The van der Waals surface area contributed by atoms with Crippen molar-refractivity contribution in [2.75, 3.05) is 18.4 Å². The Kier molecular flexibility index (Phi) is 5.63. The lowest BCUT2D eigenvalue weighted by Crippen LogP contribution is -2.31.